The van der Waals surface area contributed by atoms with Crippen molar-refractivity contribution in [2.24, 2.45) is 0 Å². The summed E-state index contributed by atoms with van der Waals surface area (Å²) in [5.41, 5.74) is 2.79. The van der Waals surface area contributed by atoms with Gasteiger partial charge < -0.3 is 13.6 Å². The standard InChI is InChI=1S/C27H20N4O4S/c1-33-16-7-8-18(21(11-16)15-5-6-15)24-30-26-22(27(32)31(24)13-17-12-28-14-35-17)19-3-2-4-20(23(19)36-26)25-29-9-10-34-25/h2-4,7-12,14-15H,5-6,13H2,1H3. The molecule has 0 aliphatic heterocycles. The van der Waals surface area contributed by atoms with E-state index in [4.69, 9.17) is 18.6 Å². The molecule has 0 saturated heterocycles. The molecule has 1 aliphatic rings. The number of hydrogen-bond acceptors (Lipinski definition) is 8. The van der Waals surface area contributed by atoms with E-state index in [-0.39, 0.29) is 12.1 Å². The van der Waals surface area contributed by atoms with Crippen LogP contribution in [0.25, 0.3) is 43.1 Å². The molecule has 0 spiro atoms. The lowest BCUT2D eigenvalue weighted by molar-refractivity contribution is 0.414. The summed E-state index contributed by atoms with van der Waals surface area (Å²) in [5, 5.41) is 1.41. The van der Waals surface area contributed by atoms with Gasteiger partial charge in [-0.15, -0.1) is 11.3 Å². The van der Waals surface area contributed by atoms with E-state index < -0.39 is 0 Å². The molecule has 8 nitrogen and oxygen atoms in total. The third-order valence-electron chi connectivity index (χ3n) is 6.60. The van der Waals surface area contributed by atoms with Crippen molar-refractivity contribution >= 4 is 31.6 Å². The van der Waals surface area contributed by atoms with Crippen molar-refractivity contribution in [3.63, 3.8) is 0 Å². The molecule has 0 radical (unpaired) electrons. The molecule has 6 aromatic rings. The summed E-state index contributed by atoms with van der Waals surface area (Å²) in [5.74, 6) is 2.93. The minimum absolute atomic E-state index is 0.125. The summed E-state index contributed by atoms with van der Waals surface area (Å²) < 4.78 is 19.2. The first kappa shape index (κ1) is 21.1. The van der Waals surface area contributed by atoms with Gasteiger partial charge in [-0.1, -0.05) is 12.1 Å². The molecular weight excluding hydrogens is 476 g/mol. The molecule has 0 unspecified atom stereocenters. The van der Waals surface area contributed by atoms with Crippen molar-refractivity contribution in [2.75, 3.05) is 7.11 Å². The van der Waals surface area contributed by atoms with Gasteiger partial charge in [-0.2, -0.15) is 0 Å². The Morgan fingerprint density at radius 3 is 2.83 bits per heavy atom. The average molecular weight is 497 g/mol. The molecule has 0 atom stereocenters. The van der Waals surface area contributed by atoms with Crippen molar-refractivity contribution in [3.8, 4) is 28.6 Å². The lowest BCUT2D eigenvalue weighted by Gasteiger charge is -2.15. The van der Waals surface area contributed by atoms with Crippen LogP contribution in [0.5, 0.6) is 5.75 Å². The quantitative estimate of drug-likeness (QED) is 0.285. The summed E-state index contributed by atoms with van der Waals surface area (Å²) >= 11 is 1.48. The van der Waals surface area contributed by atoms with Gasteiger partial charge in [0.15, 0.2) is 6.39 Å². The SMILES string of the molecule is COc1ccc(-c2nc3sc4c(-c5ncco5)cccc4c3c(=O)n2Cc2cnco2)c(C2CC2)c1. The number of hydrogen-bond donors (Lipinski definition) is 0. The summed E-state index contributed by atoms with van der Waals surface area (Å²) in [6.07, 6.45) is 8.38. The molecule has 4 aromatic heterocycles. The van der Waals surface area contributed by atoms with Crippen LogP contribution in [-0.4, -0.2) is 26.6 Å². The predicted molar refractivity (Wildman–Crippen MR) is 136 cm³/mol. The summed E-state index contributed by atoms with van der Waals surface area (Å²) in [6.45, 7) is 0.226. The van der Waals surface area contributed by atoms with Gasteiger partial charge in [0.2, 0.25) is 5.89 Å². The normalized spacial score (nSPS) is 13.6. The second-order valence-electron chi connectivity index (χ2n) is 8.82. The smallest absolute Gasteiger partial charge is 0.263 e. The highest BCUT2D eigenvalue weighted by Gasteiger charge is 2.29. The van der Waals surface area contributed by atoms with Crippen LogP contribution in [0.15, 0.2) is 75.1 Å². The second kappa shape index (κ2) is 8.17. The third kappa shape index (κ3) is 3.35. The number of oxazole rings is 2. The number of fused-ring (bicyclic) bond motifs is 3. The number of aromatic nitrogens is 4. The molecule has 1 saturated carbocycles. The maximum atomic E-state index is 14.1. The molecule has 0 amide bonds. The highest BCUT2D eigenvalue weighted by molar-refractivity contribution is 7.26. The number of methoxy groups -OCH3 is 1. The fourth-order valence-corrected chi connectivity index (χ4v) is 5.91. The van der Waals surface area contributed by atoms with Crippen molar-refractivity contribution in [2.45, 2.75) is 25.3 Å². The number of ether oxygens (including phenoxy) is 1. The molecule has 0 N–H and O–H groups in total. The van der Waals surface area contributed by atoms with E-state index in [0.717, 1.165) is 45.4 Å². The molecule has 36 heavy (non-hydrogen) atoms. The lowest BCUT2D eigenvalue weighted by Crippen LogP contribution is -2.24. The lowest BCUT2D eigenvalue weighted by atomic mass is 10.0. The van der Waals surface area contributed by atoms with E-state index in [1.807, 2.05) is 30.3 Å². The Morgan fingerprint density at radius 2 is 2.08 bits per heavy atom. The van der Waals surface area contributed by atoms with Crippen molar-refractivity contribution in [1.82, 2.24) is 19.5 Å². The molecule has 2 aromatic carbocycles. The largest absolute Gasteiger partial charge is 0.497 e. The average Bonchev–Trinajstić information content (AvgIpc) is 3.26. The van der Waals surface area contributed by atoms with Crippen LogP contribution in [0.4, 0.5) is 0 Å². The monoisotopic (exact) mass is 496 g/mol. The van der Waals surface area contributed by atoms with Gasteiger partial charge in [-0.25, -0.2) is 15.0 Å². The predicted octanol–water partition coefficient (Wildman–Crippen LogP) is 5.86. The van der Waals surface area contributed by atoms with Gasteiger partial charge >= 0.3 is 0 Å². The zero-order valence-electron chi connectivity index (χ0n) is 19.3. The maximum absolute atomic E-state index is 14.1. The zero-order valence-corrected chi connectivity index (χ0v) is 20.1. The van der Waals surface area contributed by atoms with Gasteiger partial charge in [0, 0.05) is 10.9 Å². The van der Waals surface area contributed by atoms with Gasteiger partial charge in [0.25, 0.3) is 5.56 Å². The minimum Gasteiger partial charge on any atom is -0.497 e. The Hall–Kier alpha value is -4.24. The number of benzene rings is 2. The van der Waals surface area contributed by atoms with Gasteiger partial charge in [-0.05, 0) is 48.6 Å². The Balaban J connectivity index is 1.53. The maximum Gasteiger partial charge on any atom is 0.263 e. The Kier molecular flexibility index (Phi) is 4.78. The van der Waals surface area contributed by atoms with Crippen LogP contribution >= 0.6 is 11.3 Å². The van der Waals surface area contributed by atoms with E-state index in [9.17, 15) is 4.79 Å². The first-order valence-corrected chi connectivity index (χ1v) is 12.4. The number of thiophene rings is 1. The van der Waals surface area contributed by atoms with E-state index in [1.165, 1.54) is 17.7 Å². The number of rotatable bonds is 6. The van der Waals surface area contributed by atoms with Crippen LogP contribution in [0.1, 0.15) is 30.1 Å². The third-order valence-corrected chi connectivity index (χ3v) is 7.73. The van der Waals surface area contributed by atoms with Crippen LogP contribution in [-0.2, 0) is 6.54 Å². The first-order chi connectivity index (χ1) is 17.7. The molecule has 7 rings (SSSR count). The first-order valence-electron chi connectivity index (χ1n) is 11.6. The van der Waals surface area contributed by atoms with Gasteiger partial charge in [0.1, 0.15) is 28.4 Å². The highest BCUT2D eigenvalue weighted by atomic mass is 32.1. The van der Waals surface area contributed by atoms with E-state index in [1.54, 1.807) is 30.3 Å². The van der Waals surface area contributed by atoms with Crippen molar-refractivity contribution < 1.29 is 13.6 Å². The number of nitrogens with zero attached hydrogens (tertiary/aromatic N) is 4. The van der Waals surface area contributed by atoms with E-state index in [0.29, 0.717) is 33.6 Å². The van der Waals surface area contributed by atoms with Crippen molar-refractivity contribution in [1.29, 1.82) is 0 Å². The molecule has 4 heterocycles. The summed E-state index contributed by atoms with van der Waals surface area (Å²) in [6, 6.07) is 11.8. The molecule has 1 aliphatic carbocycles. The van der Waals surface area contributed by atoms with Crippen LogP contribution < -0.4 is 10.3 Å². The molecule has 0 bridgehead atoms. The Labute approximate surface area is 208 Å². The molecular formula is C27H20N4O4S. The molecule has 1 fully saturated rings. The summed E-state index contributed by atoms with van der Waals surface area (Å²) in [7, 11) is 1.67. The highest BCUT2D eigenvalue weighted by Crippen LogP contribution is 2.46. The topological polar surface area (TPSA) is 96.2 Å². The van der Waals surface area contributed by atoms with E-state index in [2.05, 4.69) is 16.0 Å². The van der Waals surface area contributed by atoms with Crippen LogP contribution in [0, 0.1) is 0 Å². The molecule has 9 heteroatoms. The zero-order chi connectivity index (χ0) is 24.2. The van der Waals surface area contributed by atoms with Gasteiger partial charge in [0.05, 0.1) is 41.7 Å². The Morgan fingerprint density at radius 1 is 1.17 bits per heavy atom. The van der Waals surface area contributed by atoms with Crippen LogP contribution in [0.2, 0.25) is 0 Å². The molecule has 178 valence electrons. The minimum atomic E-state index is -0.125. The Bertz CT molecular complexity index is 1780. The second-order valence-corrected chi connectivity index (χ2v) is 9.82. The fraction of sp³-hybridized carbons (Fsp3) is 0.185. The van der Waals surface area contributed by atoms with Crippen LogP contribution in [0.3, 0.4) is 0 Å². The fourth-order valence-electron chi connectivity index (χ4n) is 4.74. The van der Waals surface area contributed by atoms with Crippen molar-refractivity contribution in [3.05, 3.63) is 83.1 Å². The van der Waals surface area contributed by atoms with Gasteiger partial charge in [-0.3, -0.25) is 9.36 Å². The van der Waals surface area contributed by atoms with E-state index >= 15 is 0 Å². The summed E-state index contributed by atoms with van der Waals surface area (Å²) in [4.78, 5) is 28.3.